The van der Waals surface area contributed by atoms with Gasteiger partial charge in [0.1, 0.15) is 0 Å². The first-order valence-corrected chi connectivity index (χ1v) is 8.28. The number of benzene rings is 2. The second-order valence-corrected chi connectivity index (χ2v) is 6.05. The van der Waals surface area contributed by atoms with Gasteiger partial charge in [-0.25, -0.2) is 0 Å². The molecular formula is C18H22OS. The molecule has 2 aromatic carbocycles. The lowest BCUT2D eigenvalue weighted by Crippen LogP contribution is -1.85. The number of hydrogen-bond donors (Lipinski definition) is 1. The minimum absolute atomic E-state index is 0.327. The summed E-state index contributed by atoms with van der Waals surface area (Å²) in [4.78, 5) is 1.34. The molecule has 2 rings (SSSR count). The predicted molar refractivity (Wildman–Crippen MR) is 88.2 cm³/mol. The Morgan fingerprint density at radius 3 is 2.05 bits per heavy atom. The van der Waals surface area contributed by atoms with Gasteiger partial charge in [0.2, 0.25) is 0 Å². The van der Waals surface area contributed by atoms with Crippen molar-refractivity contribution < 1.29 is 5.11 Å². The van der Waals surface area contributed by atoms with Crippen molar-refractivity contribution in [3.63, 3.8) is 0 Å². The van der Waals surface area contributed by atoms with Gasteiger partial charge >= 0.3 is 0 Å². The van der Waals surface area contributed by atoms with Crippen molar-refractivity contribution in [1.29, 1.82) is 0 Å². The van der Waals surface area contributed by atoms with E-state index in [0.717, 1.165) is 18.6 Å². The van der Waals surface area contributed by atoms with Crippen LogP contribution < -0.4 is 0 Å². The Morgan fingerprint density at radius 1 is 0.700 bits per heavy atom. The number of aliphatic hydroxyl groups excluding tert-OH is 1. The molecule has 0 saturated heterocycles. The van der Waals surface area contributed by atoms with Gasteiger partial charge in [0.25, 0.3) is 0 Å². The molecule has 0 aromatic heterocycles. The lowest BCUT2D eigenvalue weighted by atomic mass is 10.1. The van der Waals surface area contributed by atoms with Crippen molar-refractivity contribution in [2.24, 2.45) is 0 Å². The summed E-state index contributed by atoms with van der Waals surface area (Å²) in [6.07, 6.45) is 4.53. The standard InChI is InChI=1S/C18H22OS/c19-14-6-1-2-7-15-20-18-12-10-17(11-13-18)16-8-4-3-5-9-16/h3-5,8-13,19H,1-2,6-7,14-15H2. The van der Waals surface area contributed by atoms with E-state index in [1.54, 1.807) is 0 Å². The van der Waals surface area contributed by atoms with E-state index in [1.165, 1.54) is 28.9 Å². The second kappa shape index (κ2) is 8.83. The van der Waals surface area contributed by atoms with E-state index in [0.29, 0.717) is 6.61 Å². The van der Waals surface area contributed by atoms with Gasteiger partial charge in [-0.15, -0.1) is 11.8 Å². The van der Waals surface area contributed by atoms with E-state index in [-0.39, 0.29) is 0 Å². The van der Waals surface area contributed by atoms with E-state index in [4.69, 9.17) is 5.11 Å². The van der Waals surface area contributed by atoms with Gasteiger partial charge in [-0.1, -0.05) is 55.3 Å². The SMILES string of the molecule is OCCCCCCSc1ccc(-c2ccccc2)cc1. The first kappa shape index (κ1) is 15.1. The summed E-state index contributed by atoms with van der Waals surface area (Å²) in [6.45, 7) is 0.327. The smallest absolute Gasteiger partial charge is 0.0431 e. The molecule has 1 N–H and O–H groups in total. The Labute approximate surface area is 126 Å². The van der Waals surface area contributed by atoms with Crippen molar-refractivity contribution in [2.45, 2.75) is 30.6 Å². The summed E-state index contributed by atoms with van der Waals surface area (Å²) < 4.78 is 0. The zero-order valence-corrected chi connectivity index (χ0v) is 12.6. The van der Waals surface area contributed by atoms with Gasteiger partial charge in [0, 0.05) is 11.5 Å². The fourth-order valence-corrected chi connectivity index (χ4v) is 3.04. The van der Waals surface area contributed by atoms with Gasteiger partial charge in [-0.3, -0.25) is 0 Å². The molecule has 0 spiro atoms. The predicted octanol–water partition coefficient (Wildman–Crippen LogP) is 5.00. The van der Waals surface area contributed by atoms with Crippen molar-refractivity contribution >= 4 is 11.8 Å². The molecule has 0 aliphatic rings. The quantitative estimate of drug-likeness (QED) is 0.544. The number of hydrogen-bond acceptors (Lipinski definition) is 2. The maximum atomic E-state index is 8.72. The average molecular weight is 286 g/mol. The summed E-state index contributed by atoms with van der Waals surface area (Å²) in [5, 5.41) is 8.72. The van der Waals surface area contributed by atoms with E-state index < -0.39 is 0 Å². The van der Waals surface area contributed by atoms with E-state index in [2.05, 4.69) is 48.5 Å². The molecule has 0 fully saturated rings. The van der Waals surface area contributed by atoms with Crippen molar-refractivity contribution in [1.82, 2.24) is 0 Å². The Bertz CT molecular complexity index is 479. The fraction of sp³-hybridized carbons (Fsp3) is 0.333. The molecule has 0 unspecified atom stereocenters. The molecule has 2 heteroatoms. The lowest BCUT2D eigenvalue weighted by Gasteiger charge is -2.04. The summed E-state index contributed by atoms with van der Waals surface area (Å²) in [7, 11) is 0. The van der Waals surface area contributed by atoms with Crippen LogP contribution in [0.5, 0.6) is 0 Å². The third-order valence-electron chi connectivity index (χ3n) is 3.28. The molecule has 0 bridgehead atoms. The maximum absolute atomic E-state index is 8.72. The number of rotatable bonds is 8. The molecule has 0 radical (unpaired) electrons. The van der Waals surface area contributed by atoms with E-state index in [9.17, 15) is 0 Å². The van der Waals surface area contributed by atoms with E-state index >= 15 is 0 Å². The molecular weight excluding hydrogens is 264 g/mol. The largest absolute Gasteiger partial charge is 0.396 e. The first-order valence-electron chi connectivity index (χ1n) is 7.29. The number of aliphatic hydroxyl groups is 1. The highest BCUT2D eigenvalue weighted by Gasteiger charge is 1.98. The van der Waals surface area contributed by atoms with Crippen LogP contribution in [0.4, 0.5) is 0 Å². The summed E-state index contributed by atoms with van der Waals surface area (Å²) in [6, 6.07) is 19.3. The van der Waals surface area contributed by atoms with Crippen LogP contribution >= 0.6 is 11.8 Å². The molecule has 0 heterocycles. The Hall–Kier alpha value is -1.25. The van der Waals surface area contributed by atoms with Gasteiger partial charge < -0.3 is 5.11 Å². The van der Waals surface area contributed by atoms with Crippen molar-refractivity contribution in [3.8, 4) is 11.1 Å². The third-order valence-corrected chi connectivity index (χ3v) is 4.38. The first-order chi connectivity index (χ1) is 9.90. The summed E-state index contributed by atoms with van der Waals surface area (Å²) in [5.74, 6) is 1.16. The van der Waals surface area contributed by atoms with Crippen molar-refractivity contribution in [3.05, 3.63) is 54.6 Å². The molecule has 0 atom stereocenters. The molecule has 1 nitrogen and oxygen atoms in total. The van der Waals surface area contributed by atoms with Crippen LogP contribution in [0.1, 0.15) is 25.7 Å². The average Bonchev–Trinajstić information content (AvgIpc) is 2.52. The Balaban J connectivity index is 1.77. The molecule has 0 amide bonds. The fourth-order valence-electron chi connectivity index (χ4n) is 2.13. The molecule has 106 valence electrons. The minimum atomic E-state index is 0.327. The van der Waals surface area contributed by atoms with E-state index in [1.807, 2.05) is 17.8 Å². The molecule has 20 heavy (non-hydrogen) atoms. The molecule has 0 aliphatic carbocycles. The van der Waals surface area contributed by atoms with Crippen LogP contribution in [0.3, 0.4) is 0 Å². The highest BCUT2D eigenvalue weighted by molar-refractivity contribution is 7.99. The van der Waals surface area contributed by atoms with Gasteiger partial charge in [0.05, 0.1) is 0 Å². The topological polar surface area (TPSA) is 20.2 Å². The number of thioether (sulfide) groups is 1. The lowest BCUT2D eigenvalue weighted by molar-refractivity contribution is 0.283. The maximum Gasteiger partial charge on any atom is 0.0431 e. The zero-order valence-electron chi connectivity index (χ0n) is 11.8. The Morgan fingerprint density at radius 2 is 1.35 bits per heavy atom. The Kier molecular flexibility index (Phi) is 6.69. The van der Waals surface area contributed by atoms with Gasteiger partial charge in [0.15, 0.2) is 0 Å². The van der Waals surface area contributed by atoms with Crippen LogP contribution in [-0.4, -0.2) is 17.5 Å². The molecule has 0 aliphatic heterocycles. The van der Waals surface area contributed by atoms with Crippen LogP contribution in [0, 0.1) is 0 Å². The monoisotopic (exact) mass is 286 g/mol. The third kappa shape index (κ3) is 5.03. The summed E-state index contributed by atoms with van der Waals surface area (Å²) >= 11 is 1.92. The van der Waals surface area contributed by atoms with Gasteiger partial charge in [-0.2, -0.15) is 0 Å². The molecule has 0 saturated carbocycles. The number of unbranched alkanes of at least 4 members (excludes halogenated alkanes) is 3. The second-order valence-electron chi connectivity index (χ2n) is 4.88. The van der Waals surface area contributed by atoms with Crippen molar-refractivity contribution in [2.75, 3.05) is 12.4 Å². The van der Waals surface area contributed by atoms with Crippen LogP contribution in [0.2, 0.25) is 0 Å². The van der Waals surface area contributed by atoms with Crippen LogP contribution in [0.15, 0.2) is 59.5 Å². The highest BCUT2D eigenvalue weighted by Crippen LogP contribution is 2.24. The van der Waals surface area contributed by atoms with Gasteiger partial charge in [-0.05, 0) is 41.9 Å². The summed E-state index contributed by atoms with van der Waals surface area (Å²) in [5.41, 5.74) is 2.55. The highest BCUT2D eigenvalue weighted by atomic mass is 32.2. The van der Waals surface area contributed by atoms with Crippen LogP contribution in [-0.2, 0) is 0 Å². The normalized spacial score (nSPS) is 10.7. The van der Waals surface area contributed by atoms with Crippen LogP contribution in [0.25, 0.3) is 11.1 Å². The zero-order chi connectivity index (χ0) is 14.0. The molecule has 2 aromatic rings. The minimum Gasteiger partial charge on any atom is -0.396 e.